The van der Waals surface area contributed by atoms with E-state index in [9.17, 15) is 9.90 Å². The number of hydrogen-bond donors (Lipinski definition) is 2. The van der Waals surface area contributed by atoms with Gasteiger partial charge in [-0.2, -0.15) is 0 Å². The number of nitrogens with one attached hydrogen (secondary N) is 1. The van der Waals surface area contributed by atoms with Gasteiger partial charge in [-0.25, -0.2) is 9.78 Å². The maximum atomic E-state index is 11.3. The fourth-order valence-electron chi connectivity index (χ4n) is 2.26. The first-order valence-corrected chi connectivity index (χ1v) is 7.09. The van der Waals surface area contributed by atoms with Crippen LogP contribution in [0.5, 0.6) is 0 Å². The second-order valence-electron chi connectivity index (χ2n) is 6.25. The molecule has 20 heavy (non-hydrogen) atoms. The fourth-order valence-corrected chi connectivity index (χ4v) is 2.26. The van der Waals surface area contributed by atoms with Crippen molar-refractivity contribution in [3.63, 3.8) is 0 Å². The van der Waals surface area contributed by atoms with Gasteiger partial charge in [0.15, 0.2) is 0 Å². The van der Waals surface area contributed by atoms with Crippen molar-refractivity contribution in [2.45, 2.75) is 32.6 Å². The molecule has 0 spiro atoms. The first-order chi connectivity index (χ1) is 9.38. The Hall–Kier alpha value is -1.62. The van der Waals surface area contributed by atoms with Gasteiger partial charge < -0.3 is 15.3 Å². The number of carboxylic acid groups (broad SMARTS) is 1. The lowest BCUT2D eigenvalue weighted by Gasteiger charge is -2.25. The Balaban J connectivity index is 2.40. The molecule has 0 atom stereocenters. The molecule has 5 nitrogen and oxygen atoms in total. The molecule has 0 unspecified atom stereocenters. The zero-order valence-corrected chi connectivity index (χ0v) is 12.4. The van der Waals surface area contributed by atoms with Crippen LogP contribution in [-0.2, 0) is 5.41 Å². The molecule has 2 heterocycles. The standard InChI is InChI=1S/C15H23N3O2/c1-15(2,3)12-9-11(14(19)20)10-13(17-12)18-7-4-5-16-6-8-18/h9-10,16H,4-8H2,1-3H3,(H,19,20). The minimum atomic E-state index is -0.896. The second-order valence-corrected chi connectivity index (χ2v) is 6.25. The molecule has 5 heteroatoms. The molecule has 0 saturated carbocycles. The van der Waals surface area contributed by atoms with E-state index in [2.05, 4.69) is 36.0 Å². The topological polar surface area (TPSA) is 65.5 Å². The average molecular weight is 277 g/mol. The number of carboxylic acids is 1. The number of carbonyl (C=O) groups is 1. The maximum Gasteiger partial charge on any atom is 0.335 e. The number of aromatic carboxylic acids is 1. The lowest BCUT2D eigenvalue weighted by Crippen LogP contribution is -2.29. The lowest BCUT2D eigenvalue weighted by atomic mass is 9.90. The minimum absolute atomic E-state index is 0.162. The van der Waals surface area contributed by atoms with E-state index in [4.69, 9.17) is 0 Å². The zero-order valence-electron chi connectivity index (χ0n) is 12.4. The Morgan fingerprint density at radius 2 is 2.05 bits per heavy atom. The third-order valence-electron chi connectivity index (χ3n) is 3.49. The zero-order chi connectivity index (χ0) is 14.8. The van der Waals surface area contributed by atoms with Crippen molar-refractivity contribution < 1.29 is 9.90 Å². The second kappa shape index (κ2) is 5.79. The molecule has 0 aromatic carbocycles. The van der Waals surface area contributed by atoms with E-state index in [1.165, 1.54) is 0 Å². The Morgan fingerprint density at radius 3 is 2.70 bits per heavy atom. The molecule has 0 bridgehead atoms. The van der Waals surface area contributed by atoms with Crippen molar-refractivity contribution in [3.8, 4) is 0 Å². The highest BCUT2D eigenvalue weighted by Crippen LogP contribution is 2.25. The van der Waals surface area contributed by atoms with Gasteiger partial charge in [-0.15, -0.1) is 0 Å². The van der Waals surface area contributed by atoms with Crippen LogP contribution in [0.25, 0.3) is 0 Å². The molecule has 1 aliphatic rings. The summed E-state index contributed by atoms with van der Waals surface area (Å²) in [5.41, 5.74) is 0.978. The van der Waals surface area contributed by atoms with Crippen molar-refractivity contribution >= 4 is 11.8 Å². The molecular formula is C15H23N3O2. The molecule has 2 N–H and O–H groups in total. The van der Waals surface area contributed by atoms with Gasteiger partial charge in [-0.1, -0.05) is 20.8 Å². The Kier molecular flexibility index (Phi) is 4.28. The van der Waals surface area contributed by atoms with Gasteiger partial charge in [0.25, 0.3) is 0 Å². The van der Waals surface area contributed by atoms with Crippen molar-refractivity contribution in [2.24, 2.45) is 0 Å². The van der Waals surface area contributed by atoms with Crippen LogP contribution >= 0.6 is 0 Å². The number of rotatable bonds is 2. The monoisotopic (exact) mass is 277 g/mol. The molecule has 0 radical (unpaired) electrons. The summed E-state index contributed by atoms with van der Waals surface area (Å²) in [5, 5.41) is 12.6. The normalized spacial score (nSPS) is 16.9. The molecule has 0 amide bonds. The first-order valence-electron chi connectivity index (χ1n) is 7.09. The van der Waals surface area contributed by atoms with Gasteiger partial charge in [0.05, 0.1) is 5.56 Å². The van der Waals surface area contributed by atoms with E-state index in [-0.39, 0.29) is 5.41 Å². The summed E-state index contributed by atoms with van der Waals surface area (Å²) >= 11 is 0. The fraction of sp³-hybridized carbons (Fsp3) is 0.600. The first kappa shape index (κ1) is 14.8. The molecule has 1 fully saturated rings. The van der Waals surface area contributed by atoms with Crippen molar-refractivity contribution in [3.05, 3.63) is 23.4 Å². The van der Waals surface area contributed by atoms with Crippen LogP contribution in [0.15, 0.2) is 12.1 Å². The van der Waals surface area contributed by atoms with Gasteiger partial charge in [0.2, 0.25) is 0 Å². The van der Waals surface area contributed by atoms with Gasteiger partial charge >= 0.3 is 5.97 Å². The lowest BCUT2D eigenvalue weighted by molar-refractivity contribution is 0.0696. The highest BCUT2D eigenvalue weighted by Gasteiger charge is 2.21. The summed E-state index contributed by atoms with van der Waals surface area (Å²) in [7, 11) is 0. The number of hydrogen-bond acceptors (Lipinski definition) is 4. The van der Waals surface area contributed by atoms with Crippen LogP contribution < -0.4 is 10.2 Å². The summed E-state index contributed by atoms with van der Waals surface area (Å²) in [6, 6.07) is 3.37. The van der Waals surface area contributed by atoms with Gasteiger partial charge in [-0.3, -0.25) is 0 Å². The van der Waals surface area contributed by atoms with Gasteiger partial charge in [0.1, 0.15) is 5.82 Å². The van der Waals surface area contributed by atoms with E-state index >= 15 is 0 Å². The minimum Gasteiger partial charge on any atom is -0.478 e. The summed E-state index contributed by atoms with van der Waals surface area (Å²) < 4.78 is 0. The molecule has 1 aromatic heterocycles. The summed E-state index contributed by atoms with van der Waals surface area (Å²) in [4.78, 5) is 18.2. The number of aromatic nitrogens is 1. The van der Waals surface area contributed by atoms with Gasteiger partial charge in [0, 0.05) is 30.7 Å². The summed E-state index contributed by atoms with van der Waals surface area (Å²) in [6.07, 6.45) is 1.05. The van der Waals surface area contributed by atoms with Crippen LogP contribution in [0.4, 0.5) is 5.82 Å². The van der Waals surface area contributed by atoms with Crippen LogP contribution in [0.2, 0.25) is 0 Å². The summed E-state index contributed by atoms with van der Waals surface area (Å²) in [5.74, 6) is -0.120. The summed E-state index contributed by atoms with van der Waals surface area (Å²) in [6.45, 7) is 9.83. The predicted molar refractivity (Wildman–Crippen MR) is 79.6 cm³/mol. The largest absolute Gasteiger partial charge is 0.478 e. The Bertz CT molecular complexity index is 486. The molecule has 1 saturated heterocycles. The highest BCUT2D eigenvalue weighted by atomic mass is 16.4. The quantitative estimate of drug-likeness (QED) is 0.864. The van der Waals surface area contributed by atoms with E-state index in [0.717, 1.165) is 44.1 Å². The van der Waals surface area contributed by atoms with Crippen molar-refractivity contribution in [1.29, 1.82) is 0 Å². The van der Waals surface area contributed by atoms with Gasteiger partial charge in [-0.05, 0) is 25.1 Å². The van der Waals surface area contributed by atoms with E-state index in [0.29, 0.717) is 5.56 Å². The van der Waals surface area contributed by atoms with E-state index in [1.807, 2.05) is 0 Å². The SMILES string of the molecule is CC(C)(C)c1cc(C(=O)O)cc(N2CCCNCC2)n1. The maximum absolute atomic E-state index is 11.3. The number of pyridine rings is 1. The van der Waals surface area contributed by atoms with E-state index in [1.54, 1.807) is 12.1 Å². The molecular weight excluding hydrogens is 254 g/mol. The Morgan fingerprint density at radius 1 is 1.30 bits per heavy atom. The van der Waals surface area contributed by atoms with Crippen LogP contribution in [-0.4, -0.2) is 42.2 Å². The van der Waals surface area contributed by atoms with Crippen LogP contribution in [0.1, 0.15) is 43.2 Å². The number of nitrogens with zero attached hydrogens (tertiary/aromatic N) is 2. The third-order valence-corrected chi connectivity index (χ3v) is 3.49. The van der Waals surface area contributed by atoms with E-state index < -0.39 is 5.97 Å². The van der Waals surface area contributed by atoms with Crippen LogP contribution in [0, 0.1) is 0 Å². The predicted octanol–water partition coefficient (Wildman–Crippen LogP) is 1.88. The third kappa shape index (κ3) is 3.48. The smallest absolute Gasteiger partial charge is 0.335 e. The molecule has 110 valence electrons. The van der Waals surface area contributed by atoms with Crippen LogP contribution in [0.3, 0.4) is 0 Å². The molecule has 1 aliphatic heterocycles. The van der Waals surface area contributed by atoms with Crippen molar-refractivity contribution in [2.75, 3.05) is 31.1 Å². The van der Waals surface area contributed by atoms with Crippen molar-refractivity contribution in [1.82, 2.24) is 10.3 Å². The number of anilines is 1. The average Bonchev–Trinajstić information content (AvgIpc) is 2.66. The molecule has 1 aromatic rings. The highest BCUT2D eigenvalue weighted by molar-refractivity contribution is 5.88. The molecule has 0 aliphatic carbocycles. The Labute approximate surface area is 120 Å². The molecule has 2 rings (SSSR count).